The molecular weight excluding hydrogens is 351 g/mol. The Morgan fingerprint density at radius 3 is 2.18 bits per heavy atom. The van der Waals surface area contributed by atoms with Gasteiger partial charge in [-0.3, -0.25) is 9.69 Å². The molecule has 3 aromatic carbocycles. The number of anilines is 2. The summed E-state index contributed by atoms with van der Waals surface area (Å²) in [5.41, 5.74) is 4.31. The van der Waals surface area contributed by atoms with E-state index in [-0.39, 0.29) is 23.3 Å². The van der Waals surface area contributed by atoms with Crippen LogP contribution >= 0.6 is 0 Å². The summed E-state index contributed by atoms with van der Waals surface area (Å²) in [6.07, 6.45) is -0.373. The van der Waals surface area contributed by atoms with Crippen molar-refractivity contribution in [2.45, 2.75) is 32.4 Å². The van der Waals surface area contributed by atoms with Crippen molar-refractivity contribution in [2.24, 2.45) is 0 Å². The van der Waals surface area contributed by atoms with Gasteiger partial charge in [0.2, 0.25) is 0 Å². The first-order chi connectivity index (χ1) is 13.3. The van der Waals surface area contributed by atoms with Crippen LogP contribution in [0.15, 0.2) is 72.8 Å². The maximum atomic E-state index is 13.4. The molecule has 0 aromatic heterocycles. The van der Waals surface area contributed by atoms with Gasteiger partial charge in [0.05, 0.1) is 5.56 Å². The van der Waals surface area contributed by atoms with E-state index >= 15 is 0 Å². The van der Waals surface area contributed by atoms with Crippen LogP contribution in [0.25, 0.3) is 0 Å². The summed E-state index contributed by atoms with van der Waals surface area (Å²) in [6.45, 7) is 6.52. The smallest absolute Gasteiger partial charge is 0.262 e. The molecular formula is C24H23FN2O. The minimum Gasteiger partial charge on any atom is -0.360 e. The van der Waals surface area contributed by atoms with Gasteiger partial charge in [0.25, 0.3) is 5.91 Å². The van der Waals surface area contributed by atoms with Gasteiger partial charge in [0.15, 0.2) is 0 Å². The fraction of sp³-hybridized carbons (Fsp3) is 0.208. The lowest BCUT2D eigenvalue weighted by atomic mass is 9.86. The summed E-state index contributed by atoms with van der Waals surface area (Å²) in [7, 11) is 0. The number of carbonyl (C=O) groups excluding carboxylic acids is 1. The van der Waals surface area contributed by atoms with Crippen LogP contribution in [0.2, 0.25) is 0 Å². The molecule has 1 heterocycles. The molecule has 28 heavy (non-hydrogen) atoms. The molecule has 1 amide bonds. The average Bonchev–Trinajstić information content (AvgIpc) is 2.68. The summed E-state index contributed by atoms with van der Waals surface area (Å²) in [5, 5.41) is 3.48. The number of benzene rings is 3. The Morgan fingerprint density at radius 1 is 0.893 bits per heavy atom. The van der Waals surface area contributed by atoms with Gasteiger partial charge < -0.3 is 5.32 Å². The first-order valence-corrected chi connectivity index (χ1v) is 9.40. The second kappa shape index (κ2) is 6.79. The SMILES string of the molecule is CC(C)(C)c1ccc(C2Nc3ccccc3C(=O)N2c2ccc(F)cc2)cc1. The van der Waals surface area contributed by atoms with Crippen LogP contribution in [0.3, 0.4) is 0 Å². The van der Waals surface area contributed by atoms with Crippen molar-refractivity contribution in [3.05, 3.63) is 95.3 Å². The quantitative estimate of drug-likeness (QED) is 0.606. The van der Waals surface area contributed by atoms with E-state index in [2.05, 4.69) is 50.4 Å². The van der Waals surface area contributed by atoms with Crippen LogP contribution in [0.4, 0.5) is 15.8 Å². The number of nitrogens with one attached hydrogen (secondary N) is 1. The van der Waals surface area contributed by atoms with Crippen LogP contribution in [-0.2, 0) is 5.41 Å². The van der Waals surface area contributed by atoms with Gasteiger partial charge in [0.1, 0.15) is 12.0 Å². The standard InChI is InChI=1S/C24H23FN2O/c1-24(2,3)17-10-8-16(9-11-17)22-26-21-7-5-4-6-20(21)23(28)27(22)19-14-12-18(25)13-15-19/h4-15,22,26H,1-3H3. The first kappa shape index (κ1) is 18.2. The van der Waals surface area contributed by atoms with Crippen molar-refractivity contribution in [2.75, 3.05) is 10.2 Å². The number of rotatable bonds is 2. The molecule has 0 saturated heterocycles. The van der Waals surface area contributed by atoms with E-state index in [1.807, 2.05) is 18.2 Å². The second-order valence-electron chi connectivity index (χ2n) is 8.12. The highest BCUT2D eigenvalue weighted by molar-refractivity contribution is 6.12. The topological polar surface area (TPSA) is 32.3 Å². The molecule has 1 N–H and O–H groups in total. The Morgan fingerprint density at radius 2 is 1.54 bits per heavy atom. The minimum atomic E-state index is -0.373. The molecule has 0 spiro atoms. The molecule has 0 aliphatic carbocycles. The number of para-hydroxylation sites is 1. The Kier molecular flexibility index (Phi) is 4.42. The van der Waals surface area contributed by atoms with Crippen molar-refractivity contribution in [1.29, 1.82) is 0 Å². The van der Waals surface area contributed by atoms with Crippen molar-refractivity contribution in [1.82, 2.24) is 0 Å². The normalized spacial score (nSPS) is 16.5. The number of fused-ring (bicyclic) bond motifs is 1. The number of halogens is 1. The molecule has 0 fully saturated rings. The summed E-state index contributed by atoms with van der Waals surface area (Å²) in [4.78, 5) is 15.0. The lowest BCUT2D eigenvalue weighted by Gasteiger charge is -2.38. The molecule has 0 bridgehead atoms. The third-order valence-corrected chi connectivity index (χ3v) is 5.12. The molecule has 3 nitrogen and oxygen atoms in total. The molecule has 142 valence electrons. The lowest BCUT2D eigenvalue weighted by molar-refractivity contribution is 0.0975. The predicted octanol–water partition coefficient (Wildman–Crippen LogP) is 5.89. The van der Waals surface area contributed by atoms with Crippen LogP contribution < -0.4 is 10.2 Å². The fourth-order valence-electron chi connectivity index (χ4n) is 3.52. The fourth-order valence-corrected chi connectivity index (χ4v) is 3.52. The number of hydrogen-bond donors (Lipinski definition) is 1. The summed E-state index contributed by atoms with van der Waals surface area (Å²) in [5.74, 6) is -0.432. The number of carbonyl (C=O) groups is 1. The lowest BCUT2D eigenvalue weighted by Crippen LogP contribution is -2.43. The van der Waals surface area contributed by atoms with Crippen LogP contribution in [0.5, 0.6) is 0 Å². The van der Waals surface area contributed by atoms with Gasteiger partial charge in [-0.2, -0.15) is 0 Å². The molecule has 1 aliphatic rings. The van der Waals surface area contributed by atoms with Crippen molar-refractivity contribution in [3.8, 4) is 0 Å². The van der Waals surface area contributed by atoms with Gasteiger partial charge >= 0.3 is 0 Å². The van der Waals surface area contributed by atoms with Crippen LogP contribution in [0, 0.1) is 5.82 Å². The van der Waals surface area contributed by atoms with E-state index in [4.69, 9.17) is 0 Å². The first-order valence-electron chi connectivity index (χ1n) is 9.40. The molecule has 1 atom stereocenters. The Labute approximate surface area is 164 Å². The van der Waals surface area contributed by atoms with E-state index in [0.29, 0.717) is 11.3 Å². The van der Waals surface area contributed by atoms with E-state index < -0.39 is 0 Å². The third kappa shape index (κ3) is 3.26. The molecule has 3 aromatic rings. The van der Waals surface area contributed by atoms with E-state index in [0.717, 1.165) is 11.3 Å². The van der Waals surface area contributed by atoms with E-state index in [1.54, 1.807) is 23.1 Å². The van der Waals surface area contributed by atoms with Gasteiger partial charge in [-0.15, -0.1) is 0 Å². The third-order valence-electron chi connectivity index (χ3n) is 5.12. The highest BCUT2D eigenvalue weighted by Crippen LogP contribution is 2.37. The molecule has 1 unspecified atom stereocenters. The zero-order chi connectivity index (χ0) is 19.9. The minimum absolute atomic E-state index is 0.0532. The molecule has 1 aliphatic heterocycles. The second-order valence-corrected chi connectivity index (χ2v) is 8.12. The van der Waals surface area contributed by atoms with Crippen LogP contribution in [-0.4, -0.2) is 5.91 Å². The van der Waals surface area contributed by atoms with Crippen molar-refractivity contribution in [3.63, 3.8) is 0 Å². The Bertz CT molecular complexity index is 1000. The highest BCUT2D eigenvalue weighted by Gasteiger charge is 2.34. The summed E-state index contributed by atoms with van der Waals surface area (Å²) in [6, 6.07) is 21.8. The summed E-state index contributed by atoms with van der Waals surface area (Å²) >= 11 is 0. The van der Waals surface area contributed by atoms with E-state index in [1.165, 1.54) is 17.7 Å². The largest absolute Gasteiger partial charge is 0.360 e. The number of hydrogen-bond acceptors (Lipinski definition) is 2. The van der Waals surface area contributed by atoms with Crippen molar-refractivity contribution >= 4 is 17.3 Å². The van der Waals surface area contributed by atoms with Gasteiger partial charge in [-0.25, -0.2) is 4.39 Å². The van der Waals surface area contributed by atoms with Crippen LogP contribution in [0.1, 0.15) is 48.4 Å². The molecule has 0 saturated carbocycles. The van der Waals surface area contributed by atoms with Crippen molar-refractivity contribution < 1.29 is 9.18 Å². The Hall–Kier alpha value is -3.14. The number of amides is 1. The predicted molar refractivity (Wildman–Crippen MR) is 111 cm³/mol. The number of nitrogens with zero attached hydrogens (tertiary/aromatic N) is 1. The van der Waals surface area contributed by atoms with Gasteiger partial charge in [-0.1, -0.05) is 57.2 Å². The average molecular weight is 374 g/mol. The zero-order valence-electron chi connectivity index (χ0n) is 16.2. The maximum Gasteiger partial charge on any atom is 0.262 e. The zero-order valence-corrected chi connectivity index (χ0v) is 16.2. The molecule has 4 heteroatoms. The molecule has 4 rings (SSSR count). The van der Waals surface area contributed by atoms with E-state index in [9.17, 15) is 9.18 Å². The monoisotopic (exact) mass is 374 g/mol. The summed E-state index contributed by atoms with van der Waals surface area (Å²) < 4.78 is 13.4. The van der Waals surface area contributed by atoms with Gasteiger partial charge in [0, 0.05) is 11.4 Å². The highest BCUT2D eigenvalue weighted by atomic mass is 19.1. The van der Waals surface area contributed by atoms with Gasteiger partial charge in [-0.05, 0) is 52.9 Å². The maximum absolute atomic E-state index is 13.4. The molecule has 0 radical (unpaired) electrons. The Balaban J connectivity index is 1.80.